The molecule has 0 fully saturated rings. The molecule has 1 aliphatic rings. The molecular formula is C36H22NO2P. The Morgan fingerprint density at radius 1 is 0.500 bits per heavy atom. The standard InChI is InChI=1S/C36H22NO2P/c38-40(24-10-2-1-3-11-24)35-17-9-6-14-27(35)30-21-32-28(22-36(30)40)25-12-4-7-15-31(25)37(32)23-18-19-34-29(20-23)26-13-5-8-16-33(26)39-34/h1-22H. The third-order valence-corrected chi connectivity index (χ3v) is 11.5. The summed E-state index contributed by atoms with van der Waals surface area (Å²) in [5.41, 5.74) is 7.17. The maximum Gasteiger partial charge on any atom is 0.172 e. The molecule has 1 aliphatic heterocycles. The van der Waals surface area contributed by atoms with Gasteiger partial charge in [-0.1, -0.05) is 91.0 Å². The van der Waals surface area contributed by atoms with Crippen molar-refractivity contribution in [3.05, 3.63) is 133 Å². The molecular weight excluding hydrogens is 509 g/mol. The average Bonchev–Trinajstić information content (AvgIpc) is 3.63. The van der Waals surface area contributed by atoms with Crippen LogP contribution in [-0.4, -0.2) is 4.57 Å². The molecule has 188 valence electrons. The van der Waals surface area contributed by atoms with E-state index in [0.29, 0.717) is 0 Å². The Labute approximate surface area is 230 Å². The van der Waals surface area contributed by atoms with Gasteiger partial charge in [0.25, 0.3) is 0 Å². The Hall–Kier alpha value is -4.85. The van der Waals surface area contributed by atoms with Gasteiger partial charge in [-0.15, -0.1) is 0 Å². The maximum absolute atomic E-state index is 15.1. The van der Waals surface area contributed by atoms with Gasteiger partial charge in [0, 0.05) is 43.1 Å². The van der Waals surface area contributed by atoms with Gasteiger partial charge >= 0.3 is 0 Å². The number of furan rings is 1. The van der Waals surface area contributed by atoms with E-state index in [2.05, 4.69) is 77.4 Å². The quantitative estimate of drug-likeness (QED) is 0.210. The van der Waals surface area contributed by atoms with Crippen LogP contribution >= 0.6 is 7.14 Å². The molecule has 6 aromatic carbocycles. The first-order chi connectivity index (χ1) is 19.7. The minimum atomic E-state index is -3.02. The second-order valence-electron chi connectivity index (χ2n) is 10.5. The largest absolute Gasteiger partial charge is 0.456 e. The Morgan fingerprint density at radius 2 is 1.23 bits per heavy atom. The lowest BCUT2D eigenvalue weighted by Gasteiger charge is -2.16. The molecule has 3 nitrogen and oxygen atoms in total. The number of nitrogens with zero attached hydrogens (tertiary/aromatic N) is 1. The van der Waals surface area contributed by atoms with E-state index >= 15 is 4.57 Å². The van der Waals surface area contributed by atoms with Gasteiger partial charge in [-0.2, -0.15) is 0 Å². The van der Waals surface area contributed by atoms with E-state index in [4.69, 9.17) is 4.42 Å². The lowest BCUT2D eigenvalue weighted by molar-refractivity contribution is 0.593. The Kier molecular flexibility index (Phi) is 4.32. The van der Waals surface area contributed by atoms with Crippen molar-refractivity contribution < 1.29 is 8.98 Å². The van der Waals surface area contributed by atoms with Crippen molar-refractivity contribution in [2.75, 3.05) is 0 Å². The van der Waals surface area contributed by atoms with Crippen molar-refractivity contribution in [1.82, 2.24) is 4.57 Å². The van der Waals surface area contributed by atoms with Gasteiger partial charge in [-0.25, -0.2) is 0 Å². The predicted molar refractivity (Wildman–Crippen MR) is 166 cm³/mol. The minimum Gasteiger partial charge on any atom is -0.456 e. The molecule has 0 saturated carbocycles. The van der Waals surface area contributed by atoms with Crippen molar-refractivity contribution in [1.29, 1.82) is 0 Å². The zero-order chi connectivity index (χ0) is 26.4. The molecule has 0 amide bonds. The Bertz CT molecular complexity index is 2360. The highest BCUT2D eigenvalue weighted by atomic mass is 31.2. The minimum absolute atomic E-state index is 0.876. The third kappa shape index (κ3) is 2.77. The van der Waals surface area contributed by atoms with Crippen molar-refractivity contribution in [2.45, 2.75) is 0 Å². The summed E-state index contributed by atoms with van der Waals surface area (Å²) in [6, 6.07) is 45.7. The molecule has 0 N–H and O–H groups in total. The summed E-state index contributed by atoms with van der Waals surface area (Å²) >= 11 is 0. The van der Waals surface area contributed by atoms with Gasteiger partial charge in [0.1, 0.15) is 11.2 Å². The van der Waals surface area contributed by atoms with Crippen LogP contribution in [-0.2, 0) is 4.57 Å². The number of benzene rings is 6. The molecule has 1 unspecified atom stereocenters. The summed E-state index contributed by atoms with van der Waals surface area (Å²) in [6.07, 6.45) is 0. The number of para-hydroxylation sites is 2. The molecule has 0 bridgehead atoms. The number of aromatic nitrogens is 1. The molecule has 3 heterocycles. The van der Waals surface area contributed by atoms with E-state index < -0.39 is 7.14 Å². The summed E-state index contributed by atoms with van der Waals surface area (Å²) in [7, 11) is -3.02. The average molecular weight is 532 g/mol. The van der Waals surface area contributed by atoms with Crippen LogP contribution in [0, 0.1) is 0 Å². The zero-order valence-electron chi connectivity index (χ0n) is 21.4. The summed E-state index contributed by atoms with van der Waals surface area (Å²) < 4.78 is 23.6. The van der Waals surface area contributed by atoms with Crippen LogP contribution in [0.15, 0.2) is 138 Å². The fourth-order valence-corrected chi connectivity index (χ4v) is 9.71. The predicted octanol–water partition coefficient (Wildman–Crippen LogP) is 8.30. The summed E-state index contributed by atoms with van der Waals surface area (Å²) in [4.78, 5) is 0. The Balaban J connectivity index is 1.40. The lowest BCUT2D eigenvalue weighted by atomic mass is 10.0. The second kappa shape index (κ2) is 7.85. The highest BCUT2D eigenvalue weighted by molar-refractivity contribution is 7.86. The monoisotopic (exact) mass is 531 g/mol. The number of hydrogen-bond acceptors (Lipinski definition) is 2. The van der Waals surface area contributed by atoms with Crippen LogP contribution in [0.3, 0.4) is 0 Å². The van der Waals surface area contributed by atoms with E-state index in [9.17, 15) is 0 Å². The molecule has 2 aromatic heterocycles. The van der Waals surface area contributed by atoms with Gasteiger partial charge in [0.15, 0.2) is 7.14 Å². The first-order valence-corrected chi connectivity index (χ1v) is 15.2. The van der Waals surface area contributed by atoms with Crippen LogP contribution in [0.4, 0.5) is 0 Å². The van der Waals surface area contributed by atoms with Gasteiger partial charge < -0.3 is 13.5 Å². The van der Waals surface area contributed by atoms with Crippen LogP contribution in [0.25, 0.3) is 60.6 Å². The summed E-state index contributed by atoms with van der Waals surface area (Å²) in [5, 5.41) is 7.18. The molecule has 1 atom stereocenters. The van der Waals surface area contributed by atoms with Crippen LogP contribution in [0.1, 0.15) is 0 Å². The van der Waals surface area contributed by atoms with Crippen LogP contribution in [0.2, 0.25) is 0 Å². The van der Waals surface area contributed by atoms with Gasteiger partial charge in [-0.3, -0.25) is 0 Å². The summed E-state index contributed by atoms with van der Waals surface area (Å²) in [6.45, 7) is 0. The summed E-state index contributed by atoms with van der Waals surface area (Å²) in [5.74, 6) is 0. The van der Waals surface area contributed by atoms with Crippen molar-refractivity contribution in [3.8, 4) is 16.8 Å². The molecule has 8 aromatic rings. The van der Waals surface area contributed by atoms with Crippen LogP contribution in [0.5, 0.6) is 0 Å². The van der Waals surface area contributed by atoms with E-state index in [0.717, 1.165) is 76.5 Å². The normalized spacial score (nSPS) is 16.2. The highest BCUT2D eigenvalue weighted by Crippen LogP contribution is 2.53. The SMILES string of the molecule is O=P1(c2ccccc2)c2ccccc2-c2cc3c(cc21)c1ccccc1n3-c1ccc2oc3ccccc3c2c1. The van der Waals surface area contributed by atoms with E-state index in [1.165, 1.54) is 0 Å². The second-order valence-corrected chi connectivity index (χ2v) is 13.2. The van der Waals surface area contributed by atoms with Crippen molar-refractivity contribution in [3.63, 3.8) is 0 Å². The third-order valence-electron chi connectivity index (χ3n) is 8.40. The topological polar surface area (TPSA) is 35.1 Å². The van der Waals surface area contributed by atoms with Crippen molar-refractivity contribution in [2.24, 2.45) is 0 Å². The van der Waals surface area contributed by atoms with E-state index in [1.54, 1.807) is 0 Å². The molecule has 0 spiro atoms. The molecule has 4 heteroatoms. The first-order valence-electron chi connectivity index (χ1n) is 13.5. The fraction of sp³-hybridized carbons (Fsp3) is 0. The maximum atomic E-state index is 15.1. The fourth-order valence-electron chi connectivity index (χ4n) is 6.63. The van der Waals surface area contributed by atoms with Crippen LogP contribution < -0.4 is 15.9 Å². The molecule has 0 saturated heterocycles. The molecule has 0 aliphatic carbocycles. The number of fused-ring (bicyclic) bond motifs is 9. The van der Waals surface area contributed by atoms with Crippen molar-refractivity contribution >= 4 is 66.8 Å². The van der Waals surface area contributed by atoms with E-state index in [1.807, 2.05) is 60.7 Å². The highest BCUT2D eigenvalue weighted by Gasteiger charge is 2.40. The lowest BCUT2D eigenvalue weighted by Crippen LogP contribution is -2.20. The van der Waals surface area contributed by atoms with E-state index in [-0.39, 0.29) is 0 Å². The first kappa shape index (κ1) is 22.0. The molecule has 0 radical (unpaired) electrons. The van der Waals surface area contributed by atoms with Gasteiger partial charge in [0.2, 0.25) is 0 Å². The number of hydrogen-bond donors (Lipinski definition) is 0. The smallest absolute Gasteiger partial charge is 0.172 e. The van der Waals surface area contributed by atoms with Gasteiger partial charge in [-0.05, 0) is 53.6 Å². The Morgan fingerprint density at radius 3 is 2.12 bits per heavy atom. The zero-order valence-corrected chi connectivity index (χ0v) is 22.3. The number of rotatable bonds is 2. The molecule has 40 heavy (non-hydrogen) atoms. The van der Waals surface area contributed by atoms with Gasteiger partial charge in [0.05, 0.1) is 11.0 Å². The molecule has 9 rings (SSSR count).